The van der Waals surface area contributed by atoms with Gasteiger partial charge in [0, 0.05) is 32.8 Å². The van der Waals surface area contributed by atoms with E-state index < -0.39 is 11.8 Å². The zero-order valence-corrected chi connectivity index (χ0v) is 27.0. The molecule has 49 heavy (non-hydrogen) atoms. The minimum absolute atomic E-state index is 0.00603. The van der Waals surface area contributed by atoms with Gasteiger partial charge in [0.1, 0.15) is 11.4 Å². The molecule has 0 bridgehead atoms. The number of hydrogen-bond donors (Lipinski definition) is 3. The van der Waals surface area contributed by atoms with Gasteiger partial charge in [-0.1, -0.05) is 72.8 Å². The number of rotatable bonds is 10. The Kier molecular flexibility index (Phi) is 9.78. The van der Waals surface area contributed by atoms with E-state index in [2.05, 4.69) is 16.0 Å². The second-order valence-corrected chi connectivity index (χ2v) is 12.0. The molecule has 0 fully saturated rings. The summed E-state index contributed by atoms with van der Waals surface area (Å²) in [5.74, 6) is -1.38. The Labute approximate surface area is 286 Å². The van der Waals surface area contributed by atoms with Gasteiger partial charge in [-0.3, -0.25) is 24.0 Å². The molecule has 0 saturated carbocycles. The molecule has 0 heterocycles. The number of carbonyl (C=O) groups is 5. The van der Waals surface area contributed by atoms with E-state index in [1.807, 2.05) is 0 Å². The second-order valence-electron chi connectivity index (χ2n) is 10.9. The van der Waals surface area contributed by atoms with Crippen LogP contribution in [-0.4, -0.2) is 42.2 Å². The summed E-state index contributed by atoms with van der Waals surface area (Å²) < 4.78 is 5.30. The molecule has 3 N–H and O–H groups in total. The van der Waals surface area contributed by atoms with Crippen LogP contribution < -0.4 is 20.7 Å². The van der Waals surface area contributed by atoms with Gasteiger partial charge >= 0.3 is 0 Å². The highest BCUT2D eigenvalue weighted by atomic mass is 32.2. The summed E-state index contributed by atoms with van der Waals surface area (Å²) in [6, 6.07) is 34.0. The number of amides is 3. The van der Waals surface area contributed by atoms with Crippen molar-refractivity contribution < 1.29 is 28.7 Å². The van der Waals surface area contributed by atoms with Crippen LogP contribution in [0.4, 0.5) is 11.4 Å². The van der Waals surface area contributed by atoms with Crippen LogP contribution in [0.3, 0.4) is 0 Å². The fraction of sp³-hybridized carbons (Fsp3) is 0.0513. The Hall–Kier alpha value is -6.26. The number of ketones is 2. The Bertz CT molecular complexity index is 2140. The minimum atomic E-state index is -0.554. The zero-order chi connectivity index (χ0) is 34.3. The van der Waals surface area contributed by atoms with Gasteiger partial charge in [0.25, 0.3) is 11.8 Å². The van der Waals surface area contributed by atoms with Gasteiger partial charge in [0.05, 0.1) is 24.1 Å². The molecule has 1 aliphatic carbocycles. The maximum atomic E-state index is 13.5. The summed E-state index contributed by atoms with van der Waals surface area (Å²) in [6.07, 6.45) is 1.56. The molecule has 5 aromatic carbocycles. The molecule has 5 aromatic rings. The number of nitrogens with one attached hydrogen (secondary N) is 3. The van der Waals surface area contributed by atoms with Crippen LogP contribution >= 0.6 is 11.8 Å². The van der Waals surface area contributed by atoms with Gasteiger partial charge in [0.15, 0.2) is 11.6 Å². The molecule has 1 aliphatic rings. The number of methoxy groups -OCH3 is 1. The Balaban J connectivity index is 1.14. The highest BCUT2D eigenvalue weighted by Crippen LogP contribution is 2.32. The van der Waals surface area contributed by atoms with Crippen LogP contribution in [-0.2, 0) is 9.59 Å². The molecule has 0 radical (unpaired) electrons. The molecule has 242 valence electrons. The third kappa shape index (κ3) is 7.50. The molecular weight excluding hydrogens is 639 g/mol. The monoisotopic (exact) mass is 667 g/mol. The van der Waals surface area contributed by atoms with Crippen molar-refractivity contribution in [1.82, 2.24) is 5.32 Å². The van der Waals surface area contributed by atoms with Crippen molar-refractivity contribution in [2.45, 2.75) is 4.90 Å². The van der Waals surface area contributed by atoms with E-state index >= 15 is 0 Å². The molecule has 6 rings (SSSR count). The van der Waals surface area contributed by atoms with Gasteiger partial charge in [-0.05, 0) is 60.2 Å². The summed E-state index contributed by atoms with van der Waals surface area (Å²) in [6.45, 7) is 0. The van der Waals surface area contributed by atoms with Crippen LogP contribution in [0.25, 0.3) is 6.08 Å². The Morgan fingerprint density at radius 3 is 2.18 bits per heavy atom. The summed E-state index contributed by atoms with van der Waals surface area (Å²) in [5.41, 5.74) is 2.82. The van der Waals surface area contributed by atoms with Crippen LogP contribution in [0.15, 0.2) is 132 Å². The van der Waals surface area contributed by atoms with Gasteiger partial charge < -0.3 is 20.7 Å². The topological polar surface area (TPSA) is 131 Å². The number of benzene rings is 5. The number of ether oxygens (including phenoxy) is 1. The van der Waals surface area contributed by atoms with Gasteiger partial charge in [-0.25, -0.2) is 0 Å². The van der Waals surface area contributed by atoms with E-state index in [0.717, 1.165) is 0 Å². The molecule has 0 aliphatic heterocycles. The maximum Gasteiger partial charge on any atom is 0.272 e. The molecule has 0 saturated heterocycles. The van der Waals surface area contributed by atoms with E-state index in [4.69, 9.17) is 4.74 Å². The number of hydrogen-bond acceptors (Lipinski definition) is 7. The lowest BCUT2D eigenvalue weighted by molar-refractivity contribution is -0.114. The predicted octanol–water partition coefficient (Wildman–Crippen LogP) is 6.61. The maximum absolute atomic E-state index is 13.5. The average Bonchev–Trinajstić information content (AvgIpc) is 3.13. The summed E-state index contributed by atoms with van der Waals surface area (Å²) in [4.78, 5) is 66.6. The van der Waals surface area contributed by atoms with Gasteiger partial charge in [-0.15, -0.1) is 11.8 Å². The molecule has 0 atom stereocenters. The highest BCUT2D eigenvalue weighted by Gasteiger charge is 2.31. The predicted molar refractivity (Wildman–Crippen MR) is 189 cm³/mol. The highest BCUT2D eigenvalue weighted by molar-refractivity contribution is 8.00. The molecule has 9 nitrogen and oxygen atoms in total. The van der Waals surface area contributed by atoms with E-state index in [9.17, 15) is 24.0 Å². The first-order chi connectivity index (χ1) is 23.8. The van der Waals surface area contributed by atoms with Crippen molar-refractivity contribution in [3.63, 3.8) is 0 Å². The van der Waals surface area contributed by atoms with Crippen molar-refractivity contribution in [3.05, 3.63) is 160 Å². The number of thioether (sulfide) groups is 1. The molecule has 0 aromatic heterocycles. The van der Waals surface area contributed by atoms with E-state index in [1.54, 1.807) is 135 Å². The lowest BCUT2D eigenvalue weighted by Crippen LogP contribution is -2.30. The van der Waals surface area contributed by atoms with Crippen molar-refractivity contribution in [1.29, 1.82) is 0 Å². The quantitative estimate of drug-likeness (QED) is 0.111. The fourth-order valence-electron chi connectivity index (χ4n) is 5.29. The fourth-order valence-corrected chi connectivity index (χ4v) is 6.04. The van der Waals surface area contributed by atoms with E-state index in [1.165, 1.54) is 11.8 Å². The molecule has 10 heteroatoms. The van der Waals surface area contributed by atoms with Gasteiger partial charge in [0.2, 0.25) is 5.91 Å². The van der Waals surface area contributed by atoms with Crippen LogP contribution in [0.5, 0.6) is 5.75 Å². The van der Waals surface area contributed by atoms with Crippen LogP contribution in [0.1, 0.15) is 47.8 Å². The zero-order valence-electron chi connectivity index (χ0n) is 26.2. The molecule has 0 spiro atoms. The van der Waals surface area contributed by atoms with Crippen LogP contribution in [0.2, 0.25) is 0 Å². The third-order valence-corrected chi connectivity index (χ3v) is 8.62. The average molecular weight is 668 g/mol. The molecule has 3 amide bonds. The first kappa shape index (κ1) is 32.7. The van der Waals surface area contributed by atoms with Crippen LogP contribution in [0, 0.1) is 0 Å². The van der Waals surface area contributed by atoms with Gasteiger partial charge in [-0.2, -0.15) is 0 Å². The standard InChI is InChI=1S/C39H29N3O6S/c1-48-27-14-7-10-24(20-27)21-33(42-38(46)25-11-3-2-4-12-25)39(47)40-26-13-8-15-28(22-26)49-23-34(43)41-32-19-9-18-31-35(32)37(45)30-17-6-5-16-29(30)36(31)44/h2-22H,23H2,1H3,(H,40,47)(H,41,43)(H,42,46)/b33-21+. The first-order valence-electron chi connectivity index (χ1n) is 15.2. The number of fused-ring (bicyclic) bond motifs is 2. The minimum Gasteiger partial charge on any atom is -0.497 e. The van der Waals surface area contributed by atoms with Crippen molar-refractivity contribution in [3.8, 4) is 5.75 Å². The molecule has 0 unspecified atom stereocenters. The van der Waals surface area contributed by atoms with Crippen molar-refractivity contribution >= 4 is 58.5 Å². The SMILES string of the molecule is COc1cccc(/C=C(/NC(=O)c2ccccc2)C(=O)Nc2cccc(SCC(=O)Nc3cccc4c3C(=O)c3ccccc3C4=O)c2)c1. The summed E-state index contributed by atoms with van der Waals surface area (Å²) >= 11 is 1.23. The Morgan fingerprint density at radius 1 is 0.714 bits per heavy atom. The number of anilines is 2. The van der Waals surface area contributed by atoms with Crippen molar-refractivity contribution in [2.24, 2.45) is 0 Å². The normalized spacial score (nSPS) is 12.0. The second kappa shape index (κ2) is 14.7. The molecular formula is C39H29N3O6S. The Morgan fingerprint density at radius 2 is 1.41 bits per heavy atom. The third-order valence-electron chi connectivity index (χ3n) is 7.62. The summed E-state index contributed by atoms with van der Waals surface area (Å²) in [7, 11) is 1.54. The van der Waals surface area contributed by atoms with E-state index in [-0.39, 0.29) is 45.7 Å². The lowest BCUT2D eigenvalue weighted by Gasteiger charge is -2.20. The summed E-state index contributed by atoms with van der Waals surface area (Å²) in [5, 5.41) is 8.33. The van der Waals surface area contributed by atoms with E-state index in [0.29, 0.717) is 38.6 Å². The lowest BCUT2D eigenvalue weighted by atomic mass is 9.83. The largest absolute Gasteiger partial charge is 0.497 e. The number of carbonyl (C=O) groups excluding carboxylic acids is 5. The smallest absolute Gasteiger partial charge is 0.272 e. The first-order valence-corrected chi connectivity index (χ1v) is 16.2. The van der Waals surface area contributed by atoms with Crippen molar-refractivity contribution in [2.75, 3.05) is 23.5 Å².